The lowest BCUT2D eigenvalue weighted by molar-refractivity contribution is 0.0527. The number of fused-ring (bicyclic) bond motifs is 3. The average molecular weight is 486 g/mol. The van der Waals surface area contributed by atoms with Crippen LogP contribution in [0.3, 0.4) is 0 Å². The number of esters is 1. The minimum Gasteiger partial charge on any atom is -0.462 e. The fraction of sp³-hybridized carbons (Fsp3) is 0.143. The van der Waals surface area contributed by atoms with Crippen LogP contribution in [0.15, 0.2) is 91.1 Å². The average Bonchev–Trinajstić information content (AvgIpc) is 3.30. The highest BCUT2D eigenvalue weighted by Gasteiger charge is 2.34. The van der Waals surface area contributed by atoms with Crippen LogP contribution in [0, 0.1) is 0 Å². The minimum absolute atomic E-state index is 0.246. The molecule has 6 nitrogen and oxygen atoms in total. The van der Waals surface area contributed by atoms with E-state index in [0.717, 1.165) is 22.5 Å². The Bertz CT molecular complexity index is 1400. The number of anilines is 1. The number of halogens is 1. The molecule has 7 heteroatoms. The standard InChI is InChI=1S/C28H24ClN3O3/c1-2-35-27(33)21-12-5-7-14-23(21)30-28(34)32-18-19-10-3-8-15-24(19)31-17-9-16-25(31)26(32)20-11-4-6-13-22(20)29/h3-17,26H,2,18H2,1H3,(H,30,34)/t26-/m1/s1. The fourth-order valence-corrected chi connectivity index (χ4v) is 4.77. The topological polar surface area (TPSA) is 63.6 Å². The Balaban J connectivity index is 1.61. The molecule has 5 rings (SSSR count). The molecule has 2 heterocycles. The number of benzene rings is 3. The summed E-state index contributed by atoms with van der Waals surface area (Å²) >= 11 is 6.66. The Hall–Kier alpha value is -4.03. The number of amides is 2. The smallest absolute Gasteiger partial charge is 0.340 e. The van der Waals surface area contributed by atoms with Gasteiger partial charge in [-0.25, -0.2) is 9.59 Å². The normalized spacial score (nSPS) is 14.5. The first kappa shape index (κ1) is 22.7. The summed E-state index contributed by atoms with van der Waals surface area (Å²) < 4.78 is 7.28. The van der Waals surface area contributed by atoms with Gasteiger partial charge in [0.25, 0.3) is 0 Å². The number of para-hydroxylation sites is 2. The number of aromatic nitrogens is 1. The van der Waals surface area contributed by atoms with Crippen LogP contribution in [-0.2, 0) is 11.3 Å². The molecule has 3 aromatic carbocycles. The number of nitrogens with one attached hydrogen (secondary N) is 1. The summed E-state index contributed by atoms with van der Waals surface area (Å²) in [5.74, 6) is -0.485. The summed E-state index contributed by atoms with van der Waals surface area (Å²) in [6.07, 6.45) is 2.00. The fourth-order valence-electron chi connectivity index (χ4n) is 4.53. The molecule has 1 N–H and O–H groups in total. The van der Waals surface area contributed by atoms with E-state index in [1.165, 1.54) is 0 Å². The summed E-state index contributed by atoms with van der Waals surface area (Å²) in [6.45, 7) is 2.34. The Labute approximate surface area is 208 Å². The summed E-state index contributed by atoms with van der Waals surface area (Å²) in [5, 5.41) is 3.52. The zero-order chi connectivity index (χ0) is 24.4. The van der Waals surface area contributed by atoms with Crippen molar-refractivity contribution < 1.29 is 14.3 Å². The van der Waals surface area contributed by atoms with E-state index in [2.05, 4.69) is 9.88 Å². The quantitative estimate of drug-likeness (QED) is 0.338. The first-order valence-electron chi connectivity index (χ1n) is 11.4. The van der Waals surface area contributed by atoms with E-state index in [0.29, 0.717) is 22.8 Å². The molecule has 0 saturated carbocycles. The Morgan fingerprint density at radius 1 is 0.971 bits per heavy atom. The lowest BCUT2D eigenvalue weighted by Crippen LogP contribution is -2.38. The lowest BCUT2D eigenvalue weighted by Gasteiger charge is -2.31. The molecule has 0 spiro atoms. The molecule has 1 aromatic heterocycles. The third kappa shape index (κ3) is 4.29. The van der Waals surface area contributed by atoms with E-state index in [-0.39, 0.29) is 12.6 Å². The van der Waals surface area contributed by atoms with Gasteiger partial charge in [-0.2, -0.15) is 0 Å². The van der Waals surface area contributed by atoms with Gasteiger partial charge in [0.1, 0.15) is 6.04 Å². The van der Waals surface area contributed by atoms with Gasteiger partial charge in [0, 0.05) is 11.2 Å². The second-order valence-electron chi connectivity index (χ2n) is 8.18. The summed E-state index contributed by atoms with van der Waals surface area (Å²) in [7, 11) is 0. The largest absolute Gasteiger partial charge is 0.462 e. The number of carbonyl (C=O) groups is 2. The van der Waals surface area contributed by atoms with Gasteiger partial charge in [0.15, 0.2) is 0 Å². The van der Waals surface area contributed by atoms with Crippen molar-refractivity contribution in [3.05, 3.63) is 119 Å². The van der Waals surface area contributed by atoms with Crippen LogP contribution >= 0.6 is 11.6 Å². The van der Waals surface area contributed by atoms with Crippen LogP contribution in [-0.4, -0.2) is 28.1 Å². The van der Waals surface area contributed by atoms with Crippen molar-refractivity contribution in [3.63, 3.8) is 0 Å². The van der Waals surface area contributed by atoms with Gasteiger partial charge >= 0.3 is 12.0 Å². The highest BCUT2D eigenvalue weighted by atomic mass is 35.5. The van der Waals surface area contributed by atoms with Crippen LogP contribution in [0.4, 0.5) is 10.5 Å². The molecule has 0 saturated heterocycles. The van der Waals surface area contributed by atoms with E-state index >= 15 is 0 Å². The number of carbonyl (C=O) groups excluding carboxylic acids is 2. The van der Waals surface area contributed by atoms with E-state index in [1.54, 1.807) is 36.1 Å². The molecule has 4 aromatic rings. The van der Waals surface area contributed by atoms with Crippen LogP contribution in [0.25, 0.3) is 5.69 Å². The van der Waals surface area contributed by atoms with Crippen molar-refractivity contribution in [2.45, 2.75) is 19.5 Å². The van der Waals surface area contributed by atoms with Crippen molar-refractivity contribution in [1.82, 2.24) is 9.47 Å². The zero-order valence-corrected chi connectivity index (χ0v) is 19.9. The summed E-state index contributed by atoms with van der Waals surface area (Å²) in [6, 6.07) is 25.6. The maximum Gasteiger partial charge on any atom is 0.340 e. The third-order valence-electron chi connectivity index (χ3n) is 6.09. The minimum atomic E-state index is -0.485. The van der Waals surface area contributed by atoms with E-state index in [9.17, 15) is 9.59 Å². The highest BCUT2D eigenvalue weighted by Crippen LogP contribution is 2.39. The molecule has 2 amide bonds. The van der Waals surface area contributed by atoms with Crippen LogP contribution in [0.2, 0.25) is 5.02 Å². The first-order valence-corrected chi connectivity index (χ1v) is 11.8. The van der Waals surface area contributed by atoms with Gasteiger partial charge in [0.05, 0.1) is 35.8 Å². The van der Waals surface area contributed by atoms with Gasteiger partial charge in [-0.1, -0.05) is 60.1 Å². The molecule has 0 unspecified atom stereocenters. The molecule has 1 aliphatic heterocycles. The number of urea groups is 1. The van der Waals surface area contributed by atoms with Crippen LogP contribution < -0.4 is 5.32 Å². The van der Waals surface area contributed by atoms with E-state index in [1.807, 2.05) is 66.9 Å². The zero-order valence-electron chi connectivity index (χ0n) is 19.1. The predicted octanol–water partition coefficient (Wildman–Crippen LogP) is 6.44. The molecule has 0 fully saturated rings. The molecule has 1 aliphatic rings. The van der Waals surface area contributed by atoms with E-state index < -0.39 is 12.0 Å². The molecule has 0 radical (unpaired) electrons. The van der Waals surface area contributed by atoms with Gasteiger partial charge in [-0.3, -0.25) is 0 Å². The molecule has 176 valence electrons. The number of nitrogens with zero attached hydrogens (tertiary/aromatic N) is 2. The van der Waals surface area contributed by atoms with Crippen LogP contribution in [0.5, 0.6) is 0 Å². The Morgan fingerprint density at radius 3 is 2.54 bits per heavy atom. The van der Waals surface area contributed by atoms with Crippen molar-refractivity contribution in [1.29, 1.82) is 0 Å². The molecule has 0 bridgehead atoms. The Kier molecular flexibility index (Phi) is 6.29. The number of rotatable bonds is 4. The second kappa shape index (κ2) is 9.68. The first-order chi connectivity index (χ1) is 17.1. The lowest BCUT2D eigenvalue weighted by atomic mass is 10.0. The van der Waals surface area contributed by atoms with Crippen LogP contribution in [0.1, 0.15) is 40.1 Å². The van der Waals surface area contributed by atoms with Gasteiger partial charge < -0.3 is 19.5 Å². The maximum absolute atomic E-state index is 13.9. The van der Waals surface area contributed by atoms with Gasteiger partial charge in [-0.05, 0) is 54.4 Å². The molecular weight excluding hydrogens is 462 g/mol. The maximum atomic E-state index is 13.9. The Morgan fingerprint density at radius 2 is 1.71 bits per heavy atom. The van der Waals surface area contributed by atoms with Gasteiger partial charge in [0.2, 0.25) is 0 Å². The summed E-state index contributed by atoms with van der Waals surface area (Å²) in [5.41, 5.74) is 4.42. The predicted molar refractivity (Wildman–Crippen MR) is 136 cm³/mol. The highest BCUT2D eigenvalue weighted by molar-refractivity contribution is 6.31. The second-order valence-corrected chi connectivity index (χ2v) is 8.59. The van der Waals surface area contributed by atoms with Gasteiger partial charge in [-0.15, -0.1) is 0 Å². The monoisotopic (exact) mass is 485 g/mol. The number of hydrogen-bond donors (Lipinski definition) is 1. The number of ether oxygens (including phenoxy) is 1. The van der Waals surface area contributed by atoms with Crippen molar-refractivity contribution in [3.8, 4) is 5.69 Å². The van der Waals surface area contributed by atoms with Crippen molar-refractivity contribution in [2.75, 3.05) is 11.9 Å². The summed E-state index contributed by atoms with van der Waals surface area (Å²) in [4.78, 5) is 28.1. The molecule has 0 aliphatic carbocycles. The molecular formula is C28H24ClN3O3. The van der Waals surface area contributed by atoms with E-state index in [4.69, 9.17) is 16.3 Å². The van der Waals surface area contributed by atoms with Crippen molar-refractivity contribution >= 4 is 29.3 Å². The van der Waals surface area contributed by atoms with Crippen molar-refractivity contribution in [2.24, 2.45) is 0 Å². The molecule has 35 heavy (non-hydrogen) atoms. The number of hydrogen-bond acceptors (Lipinski definition) is 3. The molecule has 1 atom stereocenters. The third-order valence-corrected chi connectivity index (χ3v) is 6.43. The SMILES string of the molecule is CCOC(=O)c1ccccc1NC(=O)N1Cc2ccccc2-n2cccc2[C@H]1c1ccccc1Cl.